The molecule has 1 heterocycles. The van der Waals surface area contributed by atoms with E-state index in [1.54, 1.807) is 30.3 Å². The molecule has 1 aliphatic heterocycles. The first-order valence-corrected chi connectivity index (χ1v) is 13.4. The molecule has 5 rings (SSSR count). The number of carbonyl (C=O) groups excluding carboxylic acids is 4. The van der Waals surface area contributed by atoms with Gasteiger partial charge in [0.05, 0.1) is 11.3 Å². The molecule has 42 heavy (non-hydrogen) atoms. The first-order chi connectivity index (χ1) is 20.2. The monoisotopic (exact) mass is 564 g/mol. The lowest BCUT2D eigenvalue weighted by Crippen LogP contribution is -2.46. The summed E-state index contributed by atoms with van der Waals surface area (Å²) in [6.45, 7) is -0.441. The van der Waals surface area contributed by atoms with E-state index < -0.39 is 41.9 Å². The van der Waals surface area contributed by atoms with Gasteiger partial charge in [0.15, 0.2) is 0 Å². The third-order valence-electron chi connectivity index (χ3n) is 7.09. The van der Waals surface area contributed by atoms with E-state index in [2.05, 4.69) is 5.32 Å². The highest BCUT2D eigenvalue weighted by atomic mass is 19.1. The molecule has 0 unspecified atom stereocenters. The lowest BCUT2D eigenvalue weighted by molar-refractivity contribution is -0.139. The Balaban J connectivity index is 1.52. The molecule has 0 spiro atoms. The molecule has 1 aliphatic rings. The van der Waals surface area contributed by atoms with E-state index in [0.717, 1.165) is 16.2 Å². The van der Waals surface area contributed by atoms with Gasteiger partial charge in [-0.3, -0.25) is 24.1 Å². The third kappa shape index (κ3) is 5.90. The standard InChI is InChI=1S/C33H29FN4O4/c1-36(2)26-18-16-25(17-19-26)35-32(41)30(23-12-14-24(34)15-13-23)38(20-22-8-4-3-5-9-22)29(39)21-37-28-11-7-6-10-27(28)31(40)33(37)42/h3-19,30H,20-21H2,1-2H3,(H,35,41)/t30-/m1/s1. The van der Waals surface area contributed by atoms with Crippen LogP contribution >= 0.6 is 0 Å². The molecule has 1 N–H and O–H groups in total. The minimum Gasteiger partial charge on any atom is -0.378 e. The predicted molar refractivity (Wildman–Crippen MR) is 159 cm³/mol. The van der Waals surface area contributed by atoms with Crippen LogP contribution in [0.3, 0.4) is 0 Å². The number of nitrogens with zero attached hydrogens (tertiary/aromatic N) is 3. The largest absolute Gasteiger partial charge is 0.378 e. The summed E-state index contributed by atoms with van der Waals surface area (Å²) in [4.78, 5) is 57.9. The van der Waals surface area contributed by atoms with Crippen LogP contribution < -0.4 is 15.1 Å². The molecular weight excluding hydrogens is 535 g/mol. The maximum absolute atomic E-state index is 14.1. The zero-order chi connectivity index (χ0) is 29.8. The molecule has 0 saturated heterocycles. The van der Waals surface area contributed by atoms with Crippen molar-refractivity contribution in [3.63, 3.8) is 0 Å². The molecule has 8 nitrogen and oxygen atoms in total. The van der Waals surface area contributed by atoms with Gasteiger partial charge in [-0.25, -0.2) is 4.39 Å². The van der Waals surface area contributed by atoms with E-state index in [0.29, 0.717) is 16.9 Å². The Hall–Kier alpha value is -5.31. The molecule has 0 bridgehead atoms. The number of rotatable bonds is 9. The summed E-state index contributed by atoms with van der Waals surface area (Å²) in [7, 11) is 3.81. The maximum Gasteiger partial charge on any atom is 0.299 e. The van der Waals surface area contributed by atoms with E-state index in [1.807, 2.05) is 61.5 Å². The molecule has 3 amide bonds. The molecule has 0 radical (unpaired) electrons. The summed E-state index contributed by atoms with van der Waals surface area (Å²) in [5.41, 5.74) is 3.13. The molecule has 4 aromatic carbocycles. The Morgan fingerprint density at radius 3 is 2.14 bits per heavy atom. The highest BCUT2D eigenvalue weighted by Crippen LogP contribution is 2.31. The van der Waals surface area contributed by atoms with Crippen LogP contribution in [-0.4, -0.2) is 49.0 Å². The van der Waals surface area contributed by atoms with Crippen molar-refractivity contribution in [3.8, 4) is 0 Å². The zero-order valence-corrected chi connectivity index (χ0v) is 23.2. The van der Waals surface area contributed by atoms with Crippen molar-refractivity contribution in [1.82, 2.24) is 4.90 Å². The number of fused-ring (bicyclic) bond motifs is 1. The Morgan fingerprint density at radius 1 is 0.833 bits per heavy atom. The van der Waals surface area contributed by atoms with E-state index in [4.69, 9.17) is 0 Å². The van der Waals surface area contributed by atoms with Crippen molar-refractivity contribution in [2.45, 2.75) is 12.6 Å². The van der Waals surface area contributed by atoms with E-state index >= 15 is 0 Å². The highest BCUT2D eigenvalue weighted by molar-refractivity contribution is 6.52. The van der Waals surface area contributed by atoms with Crippen molar-refractivity contribution in [2.24, 2.45) is 0 Å². The van der Waals surface area contributed by atoms with E-state index in [9.17, 15) is 23.6 Å². The van der Waals surface area contributed by atoms with Crippen molar-refractivity contribution >= 4 is 40.6 Å². The number of halogens is 1. The lowest BCUT2D eigenvalue weighted by atomic mass is 10.0. The molecule has 0 aliphatic carbocycles. The summed E-state index contributed by atoms with van der Waals surface area (Å²) in [6.07, 6.45) is 0. The van der Waals surface area contributed by atoms with E-state index in [1.165, 1.54) is 35.2 Å². The lowest BCUT2D eigenvalue weighted by Gasteiger charge is -2.33. The Morgan fingerprint density at radius 2 is 1.48 bits per heavy atom. The summed E-state index contributed by atoms with van der Waals surface area (Å²) >= 11 is 0. The van der Waals surface area contributed by atoms with Crippen molar-refractivity contribution < 1.29 is 23.6 Å². The molecule has 0 saturated carbocycles. The molecule has 0 fully saturated rings. The van der Waals surface area contributed by atoms with Gasteiger partial charge in [0.2, 0.25) is 5.91 Å². The number of benzene rings is 4. The van der Waals surface area contributed by atoms with Crippen LogP contribution in [0.2, 0.25) is 0 Å². The summed E-state index contributed by atoms with van der Waals surface area (Å²) in [5, 5.41) is 2.89. The first-order valence-electron chi connectivity index (χ1n) is 13.4. The summed E-state index contributed by atoms with van der Waals surface area (Å²) in [6, 6.07) is 27.0. The fraction of sp³-hybridized carbons (Fsp3) is 0.152. The Labute approximate surface area is 243 Å². The second kappa shape index (κ2) is 12.1. The zero-order valence-electron chi connectivity index (χ0n) is 23.2. The molecule has 9 heteroatoms. The summed E-state index contributed by atoms with van der Waals surface area (Å²) < 4.78 is 13.9. The molecule has 212 valence electrons. The molecular formula is C33H29FN4O4. The number of amides is 3. The number of Topliss-reactive ketones (excluding diaryl/α,β-unsaturated/α-hetero) is 1. The van der Waals surface area contributed by atoms with E-state index in [-0.39, 0.29) is 12.1 Å². The van der Waals surface area contributed by atoms with Crippen LogP contribution in [-0.2, 0) is 20.9 Å². The quantitative estimate of drug-likeness (QED) is 0.294. The summed E-state index contributed by atoms with van der Waals surface area (Å²) in [5.74, 6) is -3.08. The number of para-hydroxylation sites is 1. The fourth-order valence-electron chi connectivity index (χ4n) is 4.91. The molecule has 0 aromatic heterocycles. The van der Waals surface area contributed by atoms with Crippen LogP contribution in [0.5, 0.6) is 0 Å². The van der Waals surface area contributed by atoms with Gasteiger partial charge in [-0.05, 0) is 59.7 Å². The second-order valence-electron chi connectivity index (χ2n) is 10.1. The van der Waals surface area contributed by atoms with Crippen LogP contribution in [0.15, 0.2) is 103 Å². The smallest absolute Gasteiger partial charge is 0.299 e. The normalized spacial score (nSPS) is 13.0. The molecule has 4 aromatic rings. The van der Waals surface area contributed by atoms with Gasteiger partial charge in [-0.2, -0.15) is 0 Å². The van der Waals surface area contributed by atoms with Gasteiger partial charge in [0, 0.05) is 32.0 Å². The topological polar surface area (TPSA) is 90.0 Å². The van der Waals surface area contributed by atoms with Crippen molar-refractivity contribution in [2.75, 3.05) is 35.8 Å². The van der Waals surface area contributed by atoms with Gasteiger partial charge >= 0.3 is 0 Å². The van der Waals surface area contributed by atoms with Crippen LogP contribution in [0, 0.1) is 5.82 Å². The number of ketones is 1. The van der Waals surface area contributed by atoms with Crippen molar-refractivity contribution in [3.05, 3.63) is 126 Å². The average Bonchev–Trinajstić information content (AvgIpc) is 3.23. The maximum atomic E-state index is 14.1. The third-order valence-corrected chi connectivity index (χ3v) is 7.09. The Bertz CT molecular complexity index is 1620. The van der Waals surface area contributed by atoms with Gasteiger partial charge < -0.3 is 15.1 Å². The average molecular weight is 565 g/mol. The van der Waals surface area contributed by atoms with Gasteiger partial charge in [-0.15, -0.1) is 0 Å². The van der Waals surface area contributed by atoms with Gasteiger partial charge in [0.1, 0.15) is 18.4 Å². The minimum absolute atomic E-state index is 0.0202. The fourth-order valence-corrected chi connectivity index (χ4v) is 4.91. The first kappa shape index (κ1) is 28.2. The number of hydrogen-bond donors (Lipinski definition) is 1. The Kier molecular flexibility index (Phi) is 8.10. The van der Waals surface area contributed by atoms with Gasteiger partial charge in [-0.1, -0.05) is 54.6 Å². The molecule has 1 atom stereocenters. The minimum atomic E-state index is -1.18. The van der Waals surface area contributed by atoms with Gasteiger partial charge in [0.25, 0.3) is 17.6 Å². The van der Waals surface area contributed by atoms with Crippen LogP contribution in [0.4, 0.5) is 21.5 Å². The van der Waals surface area contributed by atoms with Crippen LogP contribution in [0.1, 0.15) is 27.5 Å². The number of carbonyl (C=O) groups is 4. The van der Waals surface area contributed by atoms with Crippen LogP contribution in [0.25, 0.3) is 0 Å². The van der Waals surface area contributed by atoms with Crippen molar-refractivity contribution in [1.29, 1.82) is 0 Å². The number of hydrogen-bond acceptors (Lipinski definition) is 5. The second-order valence-corrected chi connectivity index (χ2v) is 10.1. The predicted octanol–water partition coefficient (Wildman–Crippen LogP) is 4.83. The number of nitrogens with one attached hydrogen (secondary N) is 1. The highest BCUT2D eigenvalue weighted by Gasteiger charge is 2.39. The number of anilines is 3. The SMILES string of the molecule is CN(C)c1ccc(NC(=O)[C@@H](c2ccc(F)cc2)N(Cc2ccccc2)C(=O)CN2C(=O)C(=O)c3ccccc32)cc1.